The zero-order valence-corrected chi connectivity index (χ0v) is 23.4. The highest BCUT2D eigenvalue weighted by Crippen LogP contribution is 2.69. The van der Waals surface area contributed by atoms with Crippen LogP contribution in [0.4, 0.5) is 4.39 Å². The fourth-order valence-electron chi connectivity index (χ4n) is 7.09. The van der Waals surface area contributed by atoms with Crippen LogP contribution in [0.5, 0.6) is 5.75 Å². The number of rotatable bonds is 13. The topological polar surface area (TPSA) is 120 Å². The molecule has 39 heavy (non-hydrogen) atoms. The van der Waals surface area contributed by atoms with Gasteiger partial charge in [0.05, 0.1) is 44.8 Å². The summed E-state index contributed by atoms with van der Waals surface area (Å²) in [5, 5.41) is 17.7. The van der Waals surface area contributed by atoms with Gasteiger partial charge in [0, 0.05) is 12.0 Å². The standard InChI is InChI=1S/C28H36FN2O7P/c1-26(2,29)8-13-33-28(27(37-38-28)23-15-20-14-21(17-23)18-24(27)16-20)22-6-3-7-25(19-22)36-39(32,34-11-4-9-30)35-12-5-10-31/h3,6-7,19-21,23-24H,4-5,8,11-18H2,1-2H3. The van der Waals surface area contributed by atoms with E-state index in [1.165, 1.54) is 20.3 Å². The zero-order chi connectivity index (χ0) is 27.7. The second-order valence-corrected chi connectivity index (χ2v) is 13.3. The Labute approximate surface area is 229 Å². The van der Waals surface area contributed by atoms with Crippen LogP contribution in [-0.4, -0.2) is 31.1 Å². The first-order chi connectivity index (χ1) is 18.6. The molecular formula is C28H36FN2O7P. The highest BCUT2D eigenvalue weighted by Gasteiger charge is 2.76. The molecule has 11 heteroatoms. The van der Waals surface area contributed by atoms with Crippen LogP contribution in [0, 0.1) is 46.3 Å². The molecule has 5 fully saturated rings. The van der Waals surface area contributed by atoms with Gasteiger partial charge < -0.3 is 9.26 Å². The highest BCUT2D eigenvalue weighted by atomic mass is 31.2. The smallest absolute Gasteiger partial charge is 0.404 e. The van der Waals surface area contributed by atoms with Gasteiger partial charge in [-0.15, -0.1) is 0 Å². The Morgan fingerprint density at radius 3 is 2.13 bits per heavy atom. The lowest BCUT2D eigenvalue weighted by Crippen LogP contribution is -2.76. The van der Waals surface area contributed by atoms with Crippen LogP contribution < -0.4 is 4.52 Å². The minimum Gasteiger partial charge on any atom is -0.404 e. The molecule has 0 radical (unpaired) electrons. The number of benzene rings is 1. The number of nitrogens with zero attached hydrogens (tertiary/aromatic N) is 2. The number of alkyl halides is 1. The molecule has 1 aliphatic heterocycles. The summed E-state index contributed by atoms with van der Waals surface area (Å²) in [4.78, 5) is 12.0. The second-order valence-electron chi connectivity index (χ2n) is 11.7. The summed E-state index contributed by atoms with van der Waals surface area (Å²) in [6.45, 7) is 2.85. The van der Waals surface area contributed by atoms with Gasteiger partial charge in [-0.05, 0) is 81.8 Å². The first kappa shape index (κ1) is 28.5. The van der Waals surface area contributed by atoms with Crippen molar-refractivity contribution >= 4 is 7.82 Å². The van der Waals surface area contributed by atoms with Gasteiger partial charge >= 0.3 is 7.82 Å². The van der Waals surface area contributed by atoms with Crippen LogP contribution in [-0.2, 0) is 33.9 Å². The maximum Gasteiger partial charge on any atom is 0.530 e. The Balaban J connectivity index is 1.45. The van der Waals surface area contributed by atoms with Crippen molar-refractivity contribution in [2.45, 2.75) is 82.3 Å². The van der Waals surface area contributed by atoms with Crippen molar-refractivity contribution in [3.05, 3.63) is 29.8 Å². The van der Waals surface area contributed by atoms with E-state index < -0.39 is 24.9 Å². The summed E-state index contributed by atoms with van der Waals surface area (Å²) in [5.74, 6) is 0.782. The molecule has 6 rings (SSSR count). The molecule has 1 aromatic rings. The Hall–Kier alpha value is -2.04. The van der Waals surface area contributed by atoms with Crippen LogP contribution in [0.25, 0.3) is 0 Å². The molecular weight excluding hydrogens is 526 g/mol. The SMILES string of the molecule is CC(C)(F)CCOC1(c2cccc(OP(=O)(OCCC#N)OCCC#N)c2)OOC12C1CC3CC(C1)CC2C3. The molecule has 212 valence electrons. The van der Waals surface area contributed by atoms with Crippen LogP contribution >= 0.6 is 7.82 Å². The molecule has 0 amide bonds. The number of nitriles is 2. The molecule has 4 bridgehead atoms. The number of phosphoric acid groups is 1. The van der Waals surface area contributed by atoms with E-state index in [1.54, 1.807) is 18.2 Å². The molecule has 1 spiro atoms. The first-order valence-electron chi connectivity index (χ1n) is 13.8. The number of phosphoric ester groups is 1. The van der Waals surface area contributed by atoms with Gasteiger partial charge in [-0.1, -0.05) is 12.1 Å². The van der Waals surface area contributed by atoms with E-state index >= 15 is 0 Å². The highest BCUT2D eigenvalue weighted by molar-refractivity contribution is 7.48. The Bertz CT molecular complexity index is 1120. The molecule has 4 aliphatic carbocycles. The fourth-order valence-corrected chi connectivity index (χ4v) is 8.27. The van der Waals surface area contributed by atoms with Crippen molar-refractivity contribution in [2.75, 3.05) is 19.8 Å². The molecule has 4 saturated carbocycles. The van der Waals surface area contributed by atoms with Crippen LogP contribution in [0.1, 0.15) is 70.8 Å². The van der Waals surface area contributed by atoms with E-state index in [1.807, 2.05) is 18.2 Å². The van der Waals surface area contributed by atoms with Crippen LogP contribution in [0.2, 0.25) is 0 Å². The van der Waals surface area contributed by atoms with Gasteiger partial charge in [0.15, 0.2) is 5.60 Å². The van der Waals surface area contributed by atoms with Gasteiger partial charge in [0.2, 0.25) is 0 Å². The minimum absolute atomic E-state index is 0.00463. The predicted octanol–water partition coefficient (Wildman–Crippen LogP) is 6.50. The molecule has 9 nitrogen and oxygen atoms in total. The molecule has 0 N–H and O–H groups in total. The number of ether oxygens (including phenoxy) is 1. The monoisotopic (exact) mass is 562 g/mol. The van der Waals surface area contributed by atoms with Crippen molar-refractivity contribution in [3.63, 3.8) is 0 Å². The van der Waals surface area contributed by atoms with Crippen LogP contribution in [0.3, 0.4) is 0 Å². The molecule has 1 aromatic carbocycles. The predicted molar refractivity (Wildman–Crippen MR) is 136 cm³/mol. The average Bonchev–Trinajstić information content (AvgIpc) is 2.85. The van der Waals surface area contributed by atoms with Crippen LogP contribution in [0.15, 0.2) is 24.3 Å². The van der Waals surface area contributed by atoms with E-state index in [2.05, 4.69) is 0 Å². The zero-order valence-electron chi connectivity index (χ0n) is 22.5. The summed E-state index contributed by atoms with van der Waals surface area (Å²) in [7, 11) is -4.13. The Morgan fingerprint density at radius 2 is 1.62 bits per heavy atom. The summed E-state index contributed by atoms with van der Waals surface area (Å²) in [6.07, 6.45) is 5.61. The largest absolute Gasteiger partial charge is 0.530 e. The minimum atomic E-state index is -4.13. The van der Waals surface area contributed by atoms with E-state index in [0.717, 1.165) is 25.7 Å². The fraction of sp³-hybridized carbons (Fsp3) is 0.714. The van der Waals surface area contributed by atoms with Gasteiger partial charge in [-0.3, -0.25) is 9.05 Å². The van der Waals surface area contributed by atoms with Crippen molar-refractivity contribution in [1.29, 1.82) is 10.5 Å². The summed E-state index contributed by atoms with van der Waals surface area (Å²) < 4.78 is 50.7. The van der Waals surface area contributed by atoms with E-state index in [9.17, 15) is 8.96 Å². The molecule has 1 heterocycles. The van der Waals surface area contributed by atoms with E-state index in [4.69, 9.17) is 38.6 Å². The maximum absolute atomic E-state index is 14.4. The van der Waals surface area contributed by atoms with Gasteiger partial charge in [0.1, 0.15) is 11.4 Å². The molecule has 1 unspecified atom stereocenters. The third kappa shape index (κ3) is 5.48. The third-order valence-corrected chi connectivity index (χ3v) is 9.95. The number of hydrogen-bond donors (Lipinski definition) is 0. The van der Waals surface area contributed by atoms with Crippen molar-refractivity contribution < 1.29 is 37.0 Å². The molecule has 5 aliphatic rings. The van der Waals surface area contributed by atoms with Gasteiger partial charge in [0.25, 0.3) is 5.79 Å². The first-order valence-corrected chi connectivity index (χ1v) is 15.2. The van der Waals surface area contributed by atoms with E-state index in [0.29, 0.717) is 17.4 Å². The van der Waals surface area contributed by atoms with Crippen molar-refractivity contribution in [3.8, 4) is 17.9 Å². The molecule has 0 aromatic heterocycles. The molecule has 1 atom stereocenters. The lowest BCUT2D eigenvalue weighted by Gasteiger charge is -2.69. The summed E-state index contributed by atoms with van der Waals surface area (Å²) in [6, 6.07) is 10.7. The summed E-state index contributed by atoms with van der Waals surface area (Å²) >= 11 is 0. The number of halogens is 1. The Morgan fingerprint density at radius 1 is 1.00 bits per heavy atom. The van der Waals surface area contributed by atoms with Gasteiger partial charge in [-0.2, -0.15) is 15.4 Å². The maximum atomic E-state index is 14.4. The van der Waals surface area contributed by atoms with Crippen molar-refractivity contribution in [2.24, 2.45) is 23.7 Å². The number of hydrogen-bond acceptors (Lipinski definition) is 9. The average molecular weight is 563 g/mol. The molecule has 1 saturated heterocycles. The van der Waals surface area contributed by atoms with Crippen molar-refractivity contribution in [1.82, 2.24) is 0 Å². The third-order valence-electron chi connectivity index (χ3n) is 8.52. The Kier molecular flexibility index (Phi) is 8.10. The van der Waals surface area contributed by atoms with Gasteiger partial charge in [-0.25, -0.2) is 13.8 Å². The summed E-state index contributed by atoms with van der Waals surface area (Å²) in [5.41, 5.74) is -1.49. The lowest BCUT2D eigenvalue weighted by atomic mass is 9.47. The second kappa shape index (κ2) is 11.1. The quantitative estimate of drug-likeness (QED) is 0.151. The van der Waals surface area contributed by atoms with E-state index in [-0.39, 0.29) is 56.7 Å². The lowest BCUT2D eigenvalue weighted by molar-refractivity contribution is -0.648. The normalized spacial score (nSPS) is 32.9.